The predicted octanol–water partition coefficient (Wildman–Crippen LogP) is 3.19. The minimum Gasteiger partial charge on any atom is -0.328 e. The Balaban J connectivity index is 1.79. The zero-order valence-electron chi connectivity index (χ0n) is 10.2. The van der Waals surface area contributed by atoms with E-state index in [1.165, 1.54) is 38.5 Å². The van der Waals surface area contributed by atoms with Crippen molar-refractivity contribution in [2.24, 2.45) is 34.8 Å². The Labute approximate surface area is 93.8 Å². The largest absolute Gasteiger partial charge is 0.328 e. The van der Waals surface area contributed by atoms with Gasteiger partial charge in [-0.15, -0.1) is 0 Å². The first-order chi connectivity index (χ1) is 7.06. The van der Waals surface area contributed by atoms with E-state index in [2.05, 4.69) is 13.8 Å². The second-order valence-corrected chi connectivity index (χ2v) is 7.16. The summed E-state index contributed by atoms with van der Waals surface area (Å²) in [6.45, 7) is 4.73. The van der Waals surface area contributed by atoms with Crippen molar-refractivity contribution in [2.75, 3.05) is 0 Å². The molecule has 4 fully saturated rings. The minimum absolute atomic E-state index is 0.417. The predicted molar refractivity (Wildman–Crippen MR) is 63.4 cm³/mol. The number of rotatable bonds is 2. The lowest BCUT2D eigenvalue weighted by Gasteiger charge is -2.59. The maximum Gasteiger partial charge on any atom is 0.00133 e. The molecular formula is C14H25N. The van der Waals surface area contributed by atoms with E-state index in [0.717, 1.165) is 29.1 Å². The Kier molecular flexibility index (Phi) is 2.18. The molecule has 0 aliphatic heterocycles. The Hall–Kier alpha value is -0.0400. The summed E-state index contributed by atoms with van der Waals surface area (Å²) >= 11 is 0. The quantitative estimate of drug-likeness (QED) is 0.739. The van der Waals surface area contributed by atoms with Gasteiger partial charge in [0.25, 0.3) is 0 Å². The van der Waals surface area contributed by atoms with Crippen LogP contribution in [0, 0.1) is 29.1 Å². The summed E-state index contributed by atoms with van der Waals surface area (Å²) in [6.07, 6.45) is 8.91. The fourth-order valence-electron chi connectivity index (χ4n) is 5.35. The highest BCUT2D eigenvalue weighted by Gasteiger charge is 2.52. The molecule has 4 aliphatic carbocycles. The molecule has 86 valence electrons. The number of nitrogens with two attached hydrogens (primary N) is 1. The summed E-state index contributed by atoms with van der Waals surface area (Å²) in [5.41, 5.74) is 6.73. The van der Waals surface area contributed by atoms with Gasteiger partial charge in [0.05, 0.1) is 0 Å². The molecular weight excluding hydrogens is 182 g/mol. The Morgan fingerprint density at radius 2 is 1.80 bits per heavy atom. The Bertz CT molecular complexity index is 242. The molecule has 1 heteroatoms. The molecule has 1 nitrogen and oxygen atoms in total. The van der Waals surface area contributed by atoms with Gasteiger partial charge in [-0.25, -0.2) is 0 Å². The first-order valence-electron chi connectivity index (χ1n) is 6.81. The van der Waals surface area contributed by atoms with Crippen LogP contribution in [0.1, 0.15) is 52.4 Å². The molecule has 4 rings (SSSR count). The first kappa shape index (κ1) is 10.1. The van der Waals surface area contributed by atoms with Crippen LogP contribution in [0.5, 0.6) is 0 Å². The van der Waals surface area contributed by atoms with E-state index in [0.29, 0.717) is 6.04 Å². The van der Waals surface area contributed by atoms with Gasteiger partial charge in [0.15, 0.2) is 0 Å². The average molecular weight is 207 g/mol. The van der Waals surface area contributed by atoms with E-state index in [1.807, 2.05) is 0 Å². The highest BCUT2D eigenvalue weighted by molar-refractivity contribution is 5.03. The summed E-state index contributed by atoms with van der Waals surface area (Å²) < 4.78 is 0. The van der Waals surface area contributed by atoms with Crippen LogP contribution in [0.15, 0.2) is 0 Å². The summed E-state index contributed by atoms with van der Waals surface area (Å²) in [6, 6.07) is 0.417. The molecule has 0 saturated heterocycles. The van der Waals surface area contributed by atoms with E-state index < -0.39 is 0 Å². The van der Waals surface area contributed by atoms with Crippen molar-refractivity contribution in [1.29, 1.82) is 0 Å². The van der Waals surface area contributed by atoms with Crippen LogP contribution in [-0.2, 0) is 0 Å². The third-order valence-corrected chi connectivity index (χ3v) is 5.42. The highest BCUT2D eigenvalue weighted by atomic mass is 14.6. The van der Waals surface area contributed by atoms with Gasteiger partial charge in [0, 0.05) is 6.04 Å². The van der Waals surface area contributed by atoms with Crippen molar-refractivity contribution in [2.45, 2.75) is 58.4 Å². The van der Waals surface area contributed by atoms with Gasteiger partial charge in [-0.3, -0.25) is 0 Å². The van der Waals surface area contributed by atoms with Crippen LogP contribution in [-0.4, -0.2) is 6.04 Å². The van der Waals surface area contributed by atoms with E-state index in [9.17, 15) is 0 Å². The van der Waals surface area contributed by atoms with Crippen molar-refractivity contribution in [3.05, 3.63) is 0 Å². The molecule has 0 spiro atoms. The molecule has 2 N–H and O–H groups in total. The van der Waals surface area contributed by atoms with Crippen molar-refractivity contribution in [3.63, 3.8) is 0 Å². The van der Waals surface area contributed by atoms with Gasteiger partial charge in [-0.1, -0.05) is 6.92 Å². The Morgan fingerprint density at radius 3 is 2.27 bits per heavy atom. The molecule has 15 heavy (non-hydrogen) atoms. The van der Waals surface area contributed by atoms with Crippen molar-refractivity contribution in [1.82, 2.24) is 0 Å². The standard InChI is InChI=1S/C14H25N/c1-9(15)3-13-11-4-10-5-12(13)8-14(2,6-10)7-11/h9-13H,3-8,15H2,1-2H3. The third-order valence-electron chi connectivity index (χ3n) is 5.42. The maximum absolute atomic E-state index is 6.01. The molecule has 4 bridgehead atoms. The average Bonchev–Trinajstić information content (AvgIpc) is 2.08. The smallest absolute Gasteiger partial charge is 0.00133 e. The molecule has 4 saturated carbocycles. The van der Waals surface area contributed by atoms with Crippen LogP contribution < -0.4 is 5.73 Å². The summed E-state index contributed by atoms with van der Waals surface area (Å²) in [4.78, 5) is 0. The third kappa shape index (κ3) is 1.63. The van der Waals surface area contributed by atoms with Gasteiger partial charge >= 0.3 is 0 Å². The van der Waals surface area contributed by atoms with E-state index in [1.54, 1.807) is 0 Å². The lowest BCUT2D eigenvalue weighted by atomic mass is 9.46. The molecule has 3 unspecified atom stereocenters. The monoisotopic (exact) mass is 207 g/mol. The topological polar surface area (TPSA) is 26.0 Å². The molecule has 0 aromatic heterocycles. The molecule has 4 aliphatic rings. The van der Waals surface area contributed by atoms with Gasteiger partial charge in [0.1, 0.15) is 0 Å². The fourth-order valence-corrected chi connectivity index (χ4v) is 5.35. The zero-order valence-corrected chi connectivity index (χ0v) is 10.2. The molecule has 0 aromatic rings. The van der Waals surface area contributed by atoms with Crippen molar-refractivity contribution in [3.8, 4) is 0 Å². The van der Waals surface area contributed by atoms with Crippen LogP contribution in [0.25, 0.3) is 0 Å². The van der Waals surface area contributed by atoms with Gasteiger partial charge in [-0.2, -0.15) is 0 Å². The summed E-state index contributed by atoms with van der Waals surface area (Å²) in [5, 5.41) is 0. The van der Waals surface area contributed by atoms with E-state index in [-0.39, 0.29) is 0 Å². The second kappa shape index (κ2) is 3.23. The lowest BCUT2D eigenvalue weighted by molar-refractivity contribution is -0.0895. The van der Waals surface area contributed by atoms with Gasteiger partial charge < -0.3 is 5.73 Å². The van der Waals surface area contributed by atoms with Crippen LogP contribution >= 0.6 is 0 Å². The number of hydrogen-bond acceptors (Lipinski definition) is 1. The normalized spacial score (nSPS) is 54.6. The van der Waals surface area contributed by atoms with Crippen LogP contribution in [0.4, 0.5) is 0 Å². The van der Waals surface area contributed by atoms with Gasteiger partial charge in [0.2, 0.25) is 0 Å². The van der Waals surface area contributed by atoms with Crippen LogP contribution in [0.2, 0.25) is 0 Å². The summed E-state index contributed by atoms with van der Waals surface area (Å²) in [7, 11) is 0. The molecule has 0 radical (unpaired) electrons. The lowest BCUT2D eigenvalue weighted by Crippen LogP contribution is -2.50. The first-order valence-corrected chi connectivity index (χ1v) is 6.81. The van der Waals surface area contributed by atoms with E-state index in [4.69, 9.17) is 5.73 Å². The van der Waals surface area contributed by atoms with E-state index >= 15 is 0 Å². The molecule has 3 atom stereocenters. The fraction of sp³-hybridized carbons (Fsp3) is 1.00. The molecule has 0 heterocycles. The molecule has 0 aromatic carbocycles. The SMILES string of the molecule is CC(N)CC1C2CC3CC1CC(C)(C3)C2. The van der Waals surface area contributed by atoms with Crippen molar-refractivity contribution >= 4 is 0 Å². The second-order valence-electron chi connectivity index (χ2n) is 7.16. The van der Waals surface area contributed by atoms with Gasteiger partial charge in [-0.05, 0) is 74.5 Å². The molecule has 0 amide bonds. The number of hydrogen-bond donors (Lipinski definition) is 1. The maximum atomic E-state index is 6.01. The summed E-state index contributed by atoms with van der Waals surface area (Å²) in [5.74, 6) is 4.13. The Morgan fingerprint density at radius 1 is 1.20 bits per heavy atom. The minimum atomic E-state index is 0.417. The zero-order chi connectivity index (χ0) is 10.6. The highest BCUT2D eigenvalue weighted by Crippen LogP contribution is 2.62. The van der Waals surface area contributed by atoms with Crippen molar-refractivity contribution < 1.29 is 0 Å². The van der Waals surface area contributed by atoms with Crippen LogP contribution in [0.3, 0.4) is 0 Å².